The fourth-order valence-electron chi connectivity index (χ4n) is 3.06. The first-order chi connectivity index (χ1) is 8.31. The molecule has 0 aliphatic carbocycles. The molecule has 2 saturated heterocycles. The third-order valence-electron chi connectivity index (χ3n) is 4.16. The van der Waals surface area contributed by atoms with Crippen molar-refractivity contribution in [2.24, 2.45) is 0 Å². The number of hydrogen-bond acceptors (Lipinski definition) is 3. The van der Waals surface area contributed by atoms with E-state index in [1.807, 2.05) is 0 Å². The van der Waals surface area contributed by atoms with Crippen LogP contribution in [0.4, 0.5) is 0 Å². The van der Waals surface area contributed by atoms with E-state index in [1.165, 1.54) is 45.4 Å². The molecule has 17 heavy (non-hydrogen) atoms. The van der Waals surface area contributed by atoms with Gasteiger partial charge in [0, 0.05) is 38.3 Å². The predicted molar refractivity (Wildman–Crippen MR) is 71.9 cm³/mol. The Morgan fingerprint density at radius 2 is 2.24 bits per heavy atom. The van der Waals surface area contributed by atoms with E-state index in [4.69, 9.17) is 6.42 Å². The van der Waals surface area contributed by atoms with Crippen molar-refractivity contribution in [2.45, 2.75) is 38.3 Å². The SMILES string of the molecule is C#CCNCC(C)N1CCN2CCCCC2C1. The molecule has 0 bridgehead atoms. The minimum absolute atomic E-state index is 0.604. The molecule has 0 aromatic carbocycles. The highest BCUT2D eigenvalue weighted by molar-refractivity contribution is 4.89. The Hall–Kier alpha value is -0.560. The summed E-state index contributed by atoms with van der Waals surface area (Å²) in [6.07, 6.45) is 9.45. The van der Waals surface area contributed by atoms with E-state index >= 15 is 0 Å². The normalized spacial score (nSPS) is 28.4. The molecule has 2 rings (SSSR count). The maximum Gasteiger partial charge on any atom is 0.0574 e. The number of piperidine rings is 1. The average molecular weight is 235 g/mol. The van der Waals surface area contributed by atoms with Crippen LogP contribution in [0.25, 0.3) is 0 Å². The molecule has 0 radical (unpaired) electrons. The Morgan fingerprint density at radius 1 is 1.35 bits per heavy atom. The summed E-state index contributed by atoms with van der Waals surface area (Å²) in [7, 11) is 0. The van der Waals surface area contributed by atoms with Crippen LogP contribution in [0.2, 0.25) is 0 Å². The van der Waals surface area contributed by atoms with Crippen LogP contribution in [0.1, 0.15) is 26.2 Å². The number of rotatable bonds is 4. The van der Waals surface area contributed by atoms with Crippen molar-refractivity contribution in [1.82, 2.24) is 15.1 Å². The number of nitrogens with zero attached hydrogens (tertiary/aromatic N) is 2. The molecular weight excluding hydrogens is 210 g/mol. The zero-order valence-electron chi connectivity index (χ0n) is 11.0. The van der Waals surface area contributed by atoms with Crippen LogP contribution in [0.3, 0.4) is 0 Å². The molecule has 2 aliphatic rings. The molecule has 0 spiro atoms. The molecule has 0 aromatic rings. The molecule has 1 N–H and O–H groups in total. The van der Waals surface area contributed by atoms with Crippen LogP contribution < -0.4 is 5.32 Å². The molecule has 2 heterocycles. The fraction of sp³-hybridized carbons (Fsp3) is 0.857. The molecule has 0 aromatic heterocycles. The molecule has 2 aliphatic heterocycles. The lowest BCUT2D eigenvalue weighted by Crippen LogP contribution is -2.58. The summed E-state index contributed by atoms with van der Waals surface area (Å²) in [5.41, 5.74) is 0. The van der Waals surface area contributed by atoms with Crippen molar-refractivity contribution in [3.05, 3.63) is 0 Å². The zero-order valence-corrected chi connectivity index (χ0v) is 11.0. The fourth-order valence-corrected chi connectivity index (χ4v) is 3.06. The summed E-state index contributed by atoms with van der Waals surface area (Å²) in [6.45, 7) is 9.05. The van der Waals surface area contributed by atoms with Gasteiger partial charge in [-0.25, -0.2) is 0 Å². The van der Waals surface area contributed by atoms with E-state index in [9.17, 15) is 0 Å². The minimum Gasteiger partial charge on any atom is -0.305 e. The maximum atomic E-state index is 5.25. The standard InChI is InChI=1S/C14H25N3/c1-3-7-15-11-13(2)17-10-9-16-8-5-4-6-14(16)12-17/h1,13-15H,4-12H2,2H3. The minimum atomic E-state index is 0.604. The lowest BCUT2D eigenvalue weighted by Gasteiger charge is -2.46. The van der Waals surface area contributed by atoms with Gasteiger partial charge in [0.1, 0.15) is 0 Å². The van der Waals surface area contributed by atoms with Crippen LogP contribution in [-0.2, 0) is 0 Å². The van der Waals surface area contributed by atoms with Gasteiger partial charge in [-0.05, 0) is 26.3 Å². The molecule has 2 fully saturated rings. The lowest BCUT2D eigenvalue weighted by molar-refractivity contribution is 0.0314. The van der Waals surface area contributed by atoms with Crippen LogP contribution in [-0.4, -0.2) is 61.2 Å². The summed E-state index contributed by atoms with van der Waals surface area (Å²) in [4.78, 5) is 5.30. The molecule has 3 nitrogen and oxygen atoms in total. The largest absolute Gasteiger partial charge is 0.305 e. The zero-order chi connectivity index (χ0) is 12.1. The van der Waals surface area contributed by atoms with Gasteiger partial charge in [0.05, 0.1) is 6.54 Å². The van der Waals surface area contributed by atoms with Crippen molar-refractivity contribution in [3.8, 4) is 12.3 Å². The first kappa shape index (κ1) is 12.9. The van der Waals surface area contributed by atoms with E-state index in [0.29, 0.717) is 12.6 Å². The van der Waals surface area contributed by atoms with Gasteiger partial charge in [-0.15, -0.1) is 6.42 Å². The molecule has 2 unspecified atom stereocenters. The summed E-state index contributed by atoms with van der Waals surface area (Å²) < 4.78 is 0. The number of piperazine rings is 1. The number of nitrogens with one attached hydrogen (secondary N) is 1. The second-order valence-corrected chi connectivity index (χ2v) is 5.36. The van der Waals surface area contributed by atoms with Gasteiger partial charge in [0.2, 0.25) is 0 Å². The van der Waals surface area contributed by atoms with Gasteiger partial charge in [0.25, 0.3) is 0 Å². The second-order valence-electron chi connectivity index (χ2n) is 5.36. The highest BCUT2D eigenvalue weighted by atomic mass is 15.3. The molecular formula is C14H25N3. The number of hydrogen-bond donors (Lipinski definition) is 1. The van der Waals surface area contributed by atoms with Crippen molar-refractivity contribution < 1.29 is 0 Å². The molecule has 96 valence electrons. The average Bonchev–Trinajstić information content (AvgIpc) is 2.38. The third-order valence-corrected chi connectivity index (χ3v) is 4.16. The van der Waals surface area contributed by atoms with E-state index in [1.54, 1.807) is 0 Å². The Morgan fingerprint density at radius 3 is 3.06 bits per heavy atom. The quantitative estimate of drug-likeness (QED) is 0.573. The van der Waals surface area contributed by atoms with Gasteiger partial charge in [-0.3, -0.25) is 9.80 Å². The highest BCUT2D eigenvalue weighted by Crippen LogP contribution is 2.21. The van der Waals surface area contributed by atoms with E-state index in [2.05, 4.69) is 28.0 Å². The van der Waals surface area contributed by atoms with Crippen molar-refractivity contribution in [3.63, 3.8) is 0 Å². The van der Waals surface area contributed by atoms with Gasteiger partial charge in [0.15, 0.2) is 0 Å². The number of terminal acetylenes is 1. The van der Waals surface area contributed by atoms with Crippen LogP contribution in [0.5, 0.6) is 0 Å². The van der Waals surface area contributed by atoms with Crippen LogP contribution >= 0.6 is 0 Å². The van der Waals surface area contributed by atoms with Gasteiger partial charge >= 0.3 is 0 Å². The monoisotopic (exact) mass is 235 g/mol. The van der Waals surface area contributed by atoms with Crippen molar-refractivity contribution in [1.29, 1.82) is 0 Å². The number of fused-ring (bicyclic) bond motifs is 1. The van der Waals surface area contributed by atoms with Crippen molar-refractivity contribution >= 4 is 0 Å². The summed E-state index contributed by atoms with van der Waals surface area (Å²) >= 11 is 0. The van der Waals surface area contributed by atoms with E-state index < -0.39 is 0 Å². The smallest absolute Gasteiger partial charge is 0.0574 e. The van der Waals surface area contributed by atoms with E-state index in [-0.39, 0.29) is 0 Å². The summed E-state index contributed by atoms with van der Waals surface area (Å²) in [6, 6.07) is 1.42. The van der Waals surface area contributed by atoms with Crippen molar-refractivity contribution in [2.75, 3.05) is 39.3 Å². The molecule has 3 heteroatoms. The van der Waals surface area contributed by atoms with Gasteiger partial charge in [-0.2, -0.15) is 0 Å². The first-order valence-electron chi connectivity index (χ1n) is 6.93. The highest BCUT2D eigenvalue weighted by Gasteiger charge is 2.30. The summed E-state index contributed by atoms with van der Waals surface area (Å²) in [5, 5.41) is 3.31. The molecule has 0 amide bonds. The topological polar surface area (TPSA) is 18.5 Å². The Kier molecular flexibility index (Phi) is 4.85. The Balaban J connectivity index is 1.76. The van der Waals surface area contributed by atoms with Crippen LogP contribution in [0.15, 0.2) is 0 Å². The Bertz CT molecular complexity index is 271. The van der Waals surface area contributed by atoms with Gasteiger partial charge < -0.3 is 5.32 Å². The lowest BCUT2D eigenvalue weighted by atomic mass is 9.99. The second kappa shape index (κ2) is 6.39. The van der Waals surface area contributed by atoms with E-state index in [0.717, 1.165) is 12.6 Å². The van der Waals surface area contributed by atoms with Crippen LogP contribution in [0, 0.1) is 12.3 Å². The molecule has 2 atom stereocenters. The summed E-state index contributed by atoms with van der Waals surface area (Å²) in [5.74, 6) is 2.63. The maximum absolute atomic E-state index is 5.25. The van der Waals surface area contributed by atoms with Gasteiger partial charge in [-0.1, -0.05) is 12.3 Å². The third kappa shape index (κ3) is 3.45. The predicted octanol–water partition coefficient (Wildman–Crippen LogP) is 0.768. The molecule has 0 saturated carbocycles. The first-order valence-corrected chi connectivity index (χ1v) is 6.93. The Labute approximate surface area is 106 Å².